The van der Waals surface area contributed by atoms with Crippen molar-refractivity contribution in [3.8, 4) is 11.4 Å². The van der Waals surface area contributed by atoms with Crippen LogP contribution < -0.4 is 10.1 Å². The van der Waals surface area contributed by atoms with E-state index in [0.717, 1.165) is 16.4 Å². The fraction of sp³-hybridized carbons (Fsp3) is 0.190. The van der Waals surface area contributed by atoms with Crippen LogP contribution >= 0.6 is 11.8 Å². The second kappa shape index (κ2) is 7.52. The first-order valence-electron chi connectivity index (χ1n) is 8.90. The number of para-hydroxylation sites is 1. The Labute approximate surface area is 166 Å². The third kappa shape index (κ3) is 3.53. The number of ether oxygens (including phenoxy) is 1. The molecule has 142 valence electrons. The highest BCUT2D eigenvalue weighted by Gasteiger charge is 2.22. The van der Waals surface area contributed by atoms with Gasteiger partial charge in [0.1, 0.15) is 5.75 Å². The summed E-state index contributed by atoms with van der Waals surface area (Å²) in [6, 6.07) is 13.2. The Bertz CT molecular complexity index is 1060. The van der Waals surface area contributed by atoms with Gasteiger partial charge < -0.3 is 10.1 Å². The molecule has 0 spiro atoms. The molecule has 1 amide bonds. The van der Waals surface area contributed by atoms with Crippen molar-refractivity contribution in [3.63, 3.8) is 0 Å². The van der Waals surface area contributed by atoms with Crippen molar-refractivity contribution in [3.05, 3.63) is 66.0 Å². The van der Waals surface area contributed by atoms with Crippen LogP contribution in [-0.4, -0.2) is 33.1 Å². The van der Waals surface area contributed by atoms with Gasteiger partial charge in [-0.25, -0.2) is 4.98 Å². The lowest BCUT2D eigenvalue weighted by Gasteiger charge is -2.19. The molecule has 1 aliphatic rings. The van der Waals surface area contributed by atoms with Crippen molar-refractivity contribution < 1.29 is 14.3 Å². The van der Waals surface area contributed by atoms with Gasteiger partial charge in [0.25, 0.3) is 5.91 Å². The van der Waals surface area contributed by atoms with Crippen LogP contribution in [-0.2, 0) is 4.79 Å². The van der Waals surface area contributed by atoms with E-state index in [1.54, 1.807) is 24.4 Å². The Morgan fingerprint density at radius 3 is 2.93 bits per heavy atom. The van der Waals surface area contributed by atoms with Crippen molar-refractivity contribution in [1.29, 1.82) is 0 Å². The molecule has 4 rings (SSSR count). The molecule has 0 saturated heterocycles. The van der Waals surface area contributed by atoms with Crippen molar-refractivity contribution in [2.75, 3.05) is 11.9 Å². The summed E-state index contributed by atoms with van der Waals surface area (Å²) in [5, 5.41) is 3.15. The minimum Gasteiger partial charge on any atom is -0.482 e. The van der Waals surface area contributed by atoms with Crippen LogP contribution in [0.3, 0.4) is 0 Å². The normalized spacial score (nSPS) is 14.0. The Morgan fingerprint density at radius 1 is 1.29 bits per heavy atom. The van der Waals surface area contributed by atoms with Crippen molar-refractivity contribution in [2.24, 2.45) is 0 Å². The second-order valence-corrected chi connectivity index (χ2v) is 7.85. The maximum Gasteiger partial charge on any atom is 0.262 e. The molecule has 0 radical (unpaired) electrons. The van der Waals surface area contributed by atoms with E-state index in [1.807, 2.05) is 48.9 Å². The third-order valence-electron chi connectivity index (χ3n) is 4.53. The number of rotatable bonds is 5. The third-order valence-corrected chi connectivity index (χ3v) is 5.61. The monoisotopic (exact) mass is 393 g/mol. The lowest BCUT2D eigenvalue weighted by atomic mass is 10.1. The summed E-state index contributed by atoms with van der Waals surface area (Å²) >= 11 is 1.40. The van der Waals surface area contributed by atoms with Crippen LogP contribution in [0, 0.1) is 6.92 Å². The first-order chi connectivity index (χ1) is 13.5. The van der Waals surface area contributed by atoms with Crippen molar-refractivity contribution >= 4 is 29.1 Å². The highest BCUT2D eigenvalue weighted by atomic mass is 32.2. The number of nitrogens with zero attached hydrogens (tertiary/aromatic N) is 2. The maximum absolute atomic E-state index is 12.9. The number of carbonyl (C=O) groups is 2. The molecule has 1 aliphatic heterocycles. The largest absolute Gasteiger partial charge is 0.482 e. The molecule has 0 saturated carbocycles. The Morgan fingerprint density at radius 2 is 2.11 bits per heavy atom. The Hall–Kier alpha value is -3.06. The molecular formula is C21H19N3O3S. The zero-order valence-electron chi connectivity index (χ0n) is 15.5. The highest BCUT2D eigenvalue weighted by Crippen LogP contribution is 2.31. The number of hydrogen-bond acceptors (Lipinski definition) is 5. The number of carbonyl (C=O) groups excluding carboxylic acids is 2. The molecule has 0 aliphatic carbocycles. The molecule has 0 fully saturated rings. The van der Waals surface area contributed by atoms with E-state index in [4.69, 9.17) is 4.74 Å². The smallest absolute Gasteiger partial charge is 0.262 e. The molecule has 0 bridgehead atoms. The molecule has 28 heavy (non-hydrogen) atoms. The number of fused-ring (bicyclic) bond motifs is 1. The van der Waals surface area contributed by atoms with Crippen LogP contribution in [0.15, 0.2) is 60.0 Å². The van der Waals surface area contributed by atoms with Gasteiger partial charge in [-0.2, -0.15) is 0 Å². The lowest BCUT2D eigenvalue weighted by molar-refractivity contribution is -0.118. The van der Waals surface area contributed by atoms with Gasteiger partial charge in [0.05, 0.1) is 16.6 Å². The number of aromatic nitrogens is 2. The number of ketones is 1. The van der Waals surface area contributed by atoms with E-state index in [2.05, 4.69) is 10.3 Å². The van der Waals surface area contributed by atoms with Gasteiger partial charge in [0, 0.05) is 18.0 Å². The number of anilines is 1. The van der Waals surface area contributed by atoms with Gasteiger partial charge in [0.2, 0.25) is 0 Å². The molecule has 2 aromatic carbocycles. The summed E-state index contributed by atoms with van der Waals surface area (Å²) < 4.78 is 7.34. The van der Waals surface area contributed by atoms with Crippen LogP contribution in [0.25, 0.3) is 5.69 Å². The van der Waals surface area contributed by atoms with E-state index in [0.29, 0.717) is 17.0 Å². The summed E-state index contributed by atoms with van der Waals surface area (Å²) in [4.78, 5) is 28.9. The number of aryl methyl sites for hydroxylation is 1. The van der Waals surface area contributed by atoms with Gasteiger partial charge in [-0.3, -0.25) is 14.2 Å². The Balaban J connectivity index is 1.55. The number of nitrogens with one attached hydrogen (secondary N) is 1. The molecular weight excluding hydrogens is 374 g/mol. The zero-order chi connectivity index (χ0) is 19.7. The number of Topliss-reactive ketones (excluding diaryl/α,β-unsaturated/α-hetero) is 1. The summed E-state index contributed by atoms with van der Waals surface area (Å²) in [6.07, 6.45) is 3.63. The van der Waals surface area contributed by atoms with Gasteiger partial charge in [-0.15, -0.1) is 0 Å². The number of imidazole rings is 1. The van der Waals surface area contributed by atoms with E-state index < -0.39 is 0 Å². The van der Waals surface area contributed by atoms with Gasteiger partial charge in [0.15, 0.2) is 17.5 Å². The first-order valence-corrected chi connectivity index (χ1v) is 9.78. The van der Waals surface area contributed by atoms with E-state index in [9.17, 15) is 9.59 Å². The molecule has 0 unspecified atom stereocenters. The Kier molecular flexibility index (Phi) is 4.92. The average molecular weight is 393 g/mol. The summed E-state index contributed by atoms with van der Waals surface area (Å²) in [5.74, 6) is 0.318. The molecule has 7 heteroatoms. The van der Waals surface area contributed by atoms with E-state index >= 15 is 0 Å². The highest BCUT2D eigenvalue weighted by molar-refractivity contribution is 8.00. The van der Waals surface area contributed by atoms with Crippen LogP contribution in [0.1, 0.15) is 22.8 Å². The first kappa shape index (κ1) is 18.3. The lowest BCUT2D eigenvalue weighted by Crippen LogP contribution is -2.25. The predicted molar refractivity (Wildman–Crippen MR) is 109 cm³/mol. The number of benzene rings is 2. The topological polar surface area (TPSA) is 73.2 Å². The number of amides is 1. The maximum atomic E-state index is 12.9. The minimum atomic E-state index is -0.344. The van der Waals surface area contributed by atoms with E-state index in [1.165, 1.54) is 11.8 Å². The standard InChI is InChI=1S/C21H19N3O3S/c1-13-5-3-4-6-17(13)24-10-9-22-21(24)28-14(2)20(26)15-7-8-18-16(11-15)23-19(25)12-27-18/h3-11,14H,12H2,1-2H3,(H,23,25)/t14-/m0/s1. The van der Waals surface area contributed by atoms with Crippen LogP contribution in [0.5, 0.6) is 5.75 Å². The fourth-order valence-corrected chi connectivity index (χ4v) is 4.03. The van der Waals surface area contributed by atoms with Gasteiger partial charge in [-0.1, -0.05) is 30.0 Å². The average Bonchev–Trinajstić information content (AvgIpc) is 3.15. The fourth-order valence-electron chi connectivity index (χ4n) is 3.08. The summed E-state index contributed by atoms with van der Waals surface area (Å²) in [6.45, 7) is 3.90. The molecule has 1 atom stereocenters. The van der Waals surface area contributed by atoms with Crippen molar-refractivity contribution in [2.45, 2.75) is 24.3 Å². The van der Waals surface area contributed by atoms with Crippen molar-refractivity contribution in [1.82, 2.24) is 9.55 Å². The van der Waals surface area contributed by atoms with Crippen LogP contribution in [0.2, 0.25) is 0 Å². The van der Waals surface area contributed by atoms with Gasteiger partial charge >= 0.3 is 0 Å². The number of hydrogen-bond donors (Lipinski definition) is 1. The molecule has 6 nitrogen and oxygen atoms in total. The predicted octanol–water partition coefficient (Wildman–Crippen LogP) is 3.88. The molecule has 3 aromatic rings. The summed E-state index contributed by atoms with van der Waals surface area (Å²) in [5.41, 5.74) is 3.22. The second-order valence-electron chi connectivity index (χ2n) is 6.54. The molecule has 1 N–H and O–H groups in total. The zero-order valence-corrected chi connectivity index (χ0v) is 16.3. The summed E-state index contributed by atoms with van der Waals surface area (Å²) in [7, 11) is 0. The minimum absolute atomic E-state index is 0.00584. The van der Waals surface area contributed by atoms with E-state index in [-0.39, 0.29) is 23.5 Å². The molecule has 1 aromatic heterocycles. The quantitative estimate of drug-likeness (QED) is 0.526. The number of thioether (sulfide) groups is 1. The SMILES string of the molecule is Cc1ccccc1-n1ccnc1S[C@@H](C)C(=O)c1ccc2c(c1)NC(=O)CO2. The van der Waals surface area contributed by atoms with Gasteiger partial charge in [-0.05, 0) is 43.7 Å². The van der Waals surface area contributed by atoms with Crippen LogP contribution in [0.4, 0.5) is 5.69 Å². The molecule has 2 heterocycles.